The van der Waals surface area contributed by atoms with Gasteiger partial charge in [-0.3, -0.25) is 13.9 Å². The Hall–Kier alpha value is -4.05. The van der Waals surface area contributed by atoms with Gasteiger partial charge in [0.2, 0.25) is 11.8 Å². The van der Waals surface area contributed by atoms with Gasteiger partial charge in [-0.15, -0.1) is 0 Å². The topological polar surface area (TPSA) is 105 Å². The Morgan fingerprint density at radius 2 is 1.61 bits per heavy atom. The minimum atomic E-state index is -4.16. The van der Waals surface area contributed by atoms with Gasteiger partial charge >= 0.3 is 0 Å². The first-order chi connectivity index (χ1) is 19.7. The predicted octanol–water partition coefficient (Wildman–Crippen LogP) is 4.62. The van der Waals surface area contributed by atoms with E-state index in [1.807, 2.05) is 32.9 Å². The van der Waals surface area contributed by atoms with Gasteiger partial charge in [0.25, 0.3) is 10.0 Å². The number of amides is 2. The summed E-state index contributed by atoms with van der Waals surface area (Å²) in [4.78, 5) is 28.7. The van der Waals surface area contributed by atoms with Crippen LogP contribution in [0.5, 0.6) is 11.5 Å². The third kappa shape index (κ3) is 8.23. The van der Waals surface area contributed by atoms with Crippen molar-refractivity contribution >= 4 is 27.5 Å². The zero-order valence-electron chi connectivity index (χ0n) is 24.1. The number of ether oxygens (including phenoxy) is 2. The standard InChI is InChI=1S/C31H39N3O6S/c1-5-20-32-31(36)29(6-2)33(22-24-12-11-15-27(21-24)39-4)30(35)23-34(25-13-9-8-10-14-25)41(37,38)28-18-16-26(17-19-28)40-7-3/h8-19,21,29H,5-7,20,22-23H2,1-4H3,(H,32,36). The molecule has 3 aromatic rings. The number of sulfonamides is 1. The minimum Gasteiger partial charge on any atom is -0.497 e. The fraction of sp³-hybridized carbons (Fsp3) is 0.355. The minimum absolute atomic E-state index is 0.0182. The van der Waals surface area contributed by atoms with Crippen molar-refractivity contribution in [3.05, 3.63) is 84.4 Å². The number of nitrogens with one attached hydrogen (secondary N) is 1. The first-order valence-electron chi connectivity index (χ1n) is 13.8. The molecule has 1 N–H and O–H groups in total. The van der Waals surface area contributed by atoms with Crippen LogP contribution < -0.4 is 19.1 Å². The molecule has 41 heavy (non-hydrogen) atoms. The molecule has 0 aliphatic rings. The number of rotatable bonds is 15. The van der Waals surface area contributed by atoms with E-state index in [1.54, 1.807) is 61.7 Å². The Morgan fingerprint density at radius 1 is 0.902 bits per heavy atom. The highest BCUT2D eigenvalue weighted by molar-refractivity contribution is 7.92. The molecule has 0 fully saturated rings. The van der Waals surface area contributed by atoms with Crippen molar-refractivity contribution in [2.24, 2.45) is 0 Å². The summed E-state index contributed by atoms with van der Waals surface area (Å²) >= 11 is 0. The van der Waals surface area contributed by atoms with E-state index in [0.717, 1.165) is 16.3 Å². The lowest BCUT2D eigenvalue weighted by Crippen LogP contribution is -2.52. The van der Waals surface area contributed by atoms with Crippen molar-refractivity contribution in [3.63, 3.8) is 0 Å². The highest BCUT2D eigenvalue weighted by Gasteiger charge is 2.33. The van der Waals surface area contributed by atoms with Gasteiger partial charge in [0, 0.05) is 13.1 Å². The number of hydrogen-bond donors (Lipinski definition) is 1. The van der Waals surface area contributed by atoms with Crippen LogP contribution in [0.3, 0.4) is 0 Å². The fourth-order valence-electron chi connectivity index (χ4n) is 4.38. The summed E-state index contributed by atoms with van der Waals surface area (Å²) in [6.07, 6.45) is 1.09. The number of para-hydroxylation sites is 1. The number of methoxy groups -OCH3 is 1. The summed E-state index contributed by atoms with van der Waals surface area (Å²) in [6.45, 7) is 6.14. The number of carbonyl (C=O) groups is 2. The van der Waals surface area contributed by atoms with Gasteiger partial charge in [0.05, 0.1) is 24.3 Å². The second kappa shape index (κ2) is 15.1. The first-order valence-corrected chi connectivity index (χ1v) is 15.2. The van der Waals surface area contributed by atoms with Gasteiger partial charge in [-0.2, -0.15) is 0 Å². The maximum atomic E-state index is 14.1. The SMILES string of the molecule is CCCNC(=O)C(CC)N(Cc1cccc(OC)c1)C(=O)CN(c1ccccc1)S(=O)(=O)c1ccc(OCC)cc1. The molecule has 0 spiro atoms. The Morgan fingerprint density at radius 3 is 2.22 bits per heavy atom. The molecule has 0 bridgehead atoms. The predicted molar refractivity (Wildman–Crippen MR) is 160 cm³/mol. The zero-order chi connectivity index (χ0) is 29.8. The average Bonchev–Trinajstić information content (AvgIpc) is 2.99. The van der Waals surface area contributed by atoms with E-state index in [2.05, 4.69) is 5.32 Å². The molecular weight excluding hydrogens is 542 g/mol. The molecule has 0 saturated carbocycles. The number of nitrogens with zero attached hydrogens (tertiary/aromatic N) is 2. The van der Waals surface area contributed by atoms with Crippen LogP contribution in [0.1, 0.15) is 39.2 Å². The van der Waals surface area contributed by atoms with Gasteiger partial charge in [0.1, 0.15) is 24.1 Å². The van der Waals surface area contributed by atoms with E-state index < -0.39 is 28.5 Å². The molecule has 0 heterocycles. The zero-order valence-corrected chi connectivity index (χ0v) is 24.9. The summed E-state index contributed by atoms with van der Waals surface area (Å²) in [5, 5.41) is 2.88. The smallest absolute Gasteiger partial charge is 0.264 e. The van der Waals surface area contributed by atoms with Crippen LogP contribution in [-0.2, 0) is 26.2 Å². The molecule has 0 radical (unpaired) electrons. The number of hydrogen-bond acceptors (Lipinski definition) is 6. The Bertz CT molecular complexity index is 1380. The molecular formula is C31H39N3O6S. The molecule has 10 heteroatoms. The van der Waals surface area contributed by atoms with E-state index in [0.29, 0.717) is 36.8 Å². The molecule has 3 rings (SSSR count). The number of anilines is 1. The second-order valence-electron chi connectivity index (χ2n) is 9.34. The summed E-state index contributed by atoms with van der Waals surface area (Å²) in [5.74, 6) is 0.361. The van der Waals surface area contributed by atoms with Crippen LogP contribution in [0.4, 0.5) is 5.69 Å². The second-order valence-corrected chi connectivity index (χ2v) is 11.2. The van der Waals surface area contributed by atoms with Crippen molar-refractivity contribution in [3.8, 4) is 11.5 Å². The van der Waals surface area contributed by atoms with Crippen molar-refractivity contribution in [1.82, 2.24) is 10.2 Å². The van der Waals surface area contributed by atoms with Crippen LogP contribution in [0.2, 0.25) is 0 Å². The van der Waals surface area contributed by atoms with E-state index >= 15 is 0 Å². The van der Waals surface area contributed by atoms with Gasteiger partial charge in [-0.05, 0) is 73.9 Å². The molecule has 9 nitrogen and oxygen atoms in total. The Kier molecular flexibility index (Phi) is 11.6. The van der Waals surface area contributed by atoms with E-state index in [-0.39, 0.29) is 17.3 Å². The number of benzene rings is 3. The molecule has 0 aliphatic carbocycles. The monoisotopic (exact) mass is 581 g/mol. The van der Waals surface area contributed by atoms with Gasteiger partial charge < -0.3 is 19.7 Å². The highest BCUT2D eigenvalue weighted by atomic mass is 32.2. The van der Waals surface area contributed by atoms with Crippen LogP contribution in [0.25, 0.3) is 0 Å². The molecule has 220 valence electrons. The Balaban J connectivity index is 2.02. The molecule has 1 atom stereocenters. The largest absolute Gasteiger partial charge is 0.497 e. The maximum absolute atomic E-state index is 14.1. The van der Waals surface area contributed by atoms with Crippen LogP contribution in [0, 0.1) is 0 Å². The van der Waals surface area contributed by atoms with E-state index in [4.69, 9.17) is 9.47 Å². The van der Waals surface area contributed by atoms with Gasteiger partial charge in [-0.25, -0.2) is 8.42 Å². The number of carbonyl (C=O) groups excluding carboxylic acids is 2. The van der Waals surface area contributed by atoms with Gasteiger partial charge in [0.15, 0.2) is 0 Å². The quantitative estimate of drug-likeness (QED) is 0.281. The van der Waals surface area contributed by atoms with Gasteiger partial charge in [-0.1, -0.05) is 44.2 Å². The fourth-order valence-corrected chi connectivity index (χ4v) is 5.79. The van der Waals surface area contributed by atoms with Crippen LogP contribution >= 0.6 is 0 Å². The third-order valence-corrected chi connectivity index (χ3v) is 8.26. The molecule has 0 aromatic heterocycles. The third-order valence-electron chi connectivity index (χ3n) is 6.47. The molecule has 3 aromatic carbocycles. The lowest BCUT2D eigenvalue weighted by molar-refractivity contribution is -0.140. The van der Waals surface area contributed by atoms with Crippen LogP contribution in [0.15, 0.2) is 83.8 Å². The van der Waals surface area contributed by atoms with Crippen LogP contribution in [-0.4, -0.2) is 58.0 Å². The maximum Gasteiger partial charge on any atom is 0.264 e. The Labute approximate surface area is 243 Å². The first kappa shape index (κ1) is 31.5. The molecule has 1 unspecified atom stereocenters. The van der Waals surface area contributed by atoms with Crippen molar-refractivity contribution in [2.75, 3.05) is 31.1 Å². The molecule has 2 amide bonds. The summed E-state index contributed by atoms with van der Waals surface area (Å²) in [6, 6.07) is 21.0. The molecule has 0 aliphatic heterocycles. The summed E-state index contributed by atoms with van der Waals surface area (Å²) in [7, 11) is -2.60. The van der Waals surface area contributed by atoms with E-state index in [1.165, 1.54) is 17.0 Å². The highest BCUT2D eigenvalue weighted by Crippen LogP contribution is 2.26. The average molecular weight is 582 g/mol. The van der Waals surface area contributed by atoms with Crippen molar-refractivity contribution in [1.29, 1.82) is 0 Å². The summed E-state index contributed by atoms with van der Waals surface area (Å²) in [5.41, 5.74) is 1.08. The normalized spacial score (nSPS) is 11.8. The summed E-state index contributed by atoms with van der Waals surface area (Å²) < 4.78 is 39.8. The molecule has 0 saturated heterocycles. The van der Waals surface area contributed by atoms with Crippen molar-refractivity contribution in [2.45, 2.75) is 51.1 Å². The van der Waals surface area contributed by atoms with Crippen molar-refractivity contribution < 1.29 is 27.5 Å². The van der Waals surface area contributed by atoms with E-state index in [9.17, 15) is 18.0 Å². The lowest BCUT2D eigenvalue weighted by Gasteiger charge is -2.33. The lowest BCUT2D eigenvalue weighted by atomic mass is 10.1.